The Morgan fingerprint density at radius 3 is 3.00 bits per heavy atom. The molecule has 1 aliphatic rings. The normalized spacial score (nSPS) is 18.7. The first-order chi connectivity index (χ1) is 9.54. The van der Waals surface area contributed by atoms with Gasteiger partial charge in [-0.2, -0.15) is 0 Å². The fraction of sp³-hybridized carbons (Fsp3) is 0.417. The molecule has 0 aliphatic carbocycles. The molecular weight excluding hydrogens is 328 g/mol. The number of likely N-dealkylation sites (N-methyl/N-ethyl adjacent to an activating group) is 1. The minimum atomic E-state index is -0.457. The van der Waals surface area contributed by atoms with Crippen LogP contribution in [0.1, 0.15) is 0 Å². The number of amides is 1. The Morgan fingerprint density at radius 2 is 2.35 bits per heavy atom. The fourth-order valence-electron chi connectivity index (χ4n) is 2.27. The van der Waals surface area contributed by atoms with Gasteiger partial charge in [-0.15, -0.1) is 0 Å². The van der Waals surface area contributed by atoms with Gasteiger partial charge in [-0.1, -0.05) is 15.9 Å². The molecule has 1 aromatic rings. The third kappa shape index (κ3) is 2.91. The molecule has 1 saturated heterocycles. The SMILES string of the molecule is CNC(=O)C1CNCCN1c1cc(Br)ccc1[N+](=O)[O-]. The molecule has 1 aliphatic heterocycles. The van der Waals surface area contributed by atoms with Crippen LogP contribution in [0.15, 0.2) is 22.7 Å². The van der Waals surface area contributed by atoms with E-state index in [0.717, 1.165) is 4.47 Å². The van der Waals surface area contributed by atoms with Gasteiger partial charge >= 0.3 is 0 Å². The van der Waals surface area contributed by atoms with Crippen molar-refractivity contribution in [3.63, 3.8) is 0 Å². The molecule has 7 nitrogen and oxygen atoms in total. The summed E-state index contributed by atoms with van der Waals surface area (Å²) >= 11 is 3.32. The number of hydrogen-bond acceptors (Lipinski definition) is 5. The number of rotatable bonds is 3. The molecule has 1 amide bonds. The zero-order valence-corrected chi connectivity index (χ0v) is 12.5. The highest BCUT2D eigenvalue weighted by atomic mass is 79.9. The number of nitro groups is 1. The lowest BCUT2D eigenvalue weighted by atomic mass is 10.1. The molecule has 0 radical (unpaired) electrons. The predicted molar refractivity (Wildman–Crippen MR) is 78.9 cm³/mol. The summed E-state index contributed by atoms with van der Waals surface area (Å²) in [6.07, 6.45) is 0. The molecular formula is C12H15BrN4O3. The number of benzene rings is 1. The zero-order chi connectivity index (χ0) is 14.7. The second kappa shape index (κ2) is 6.19. The molecule has 0 spiro atoms. The lowest BCUT2D eigenvalue weighted by Crippen LogP contribution is -2.57. The summed E-state index contributed by atoms with van der Waals surface area (Å²) in [6.45, 7) is 1.68. The molecule has 1 heterocycles. The molecule has 2 rings (SSSR count). The second-order valence-corrected chi connectivity index (χ2v) is 5.33. The van der Waals surface area contributed by atoms with Crippen molar-refractivity contribution < 1.29 is 9.72 Å². The number of nitrogens with zero attached hydrogens (tertiary/aromatic N) is 2. The van der Waals surface area contributed by atoms with Crippen LogP contribution in [0, 0.1) is 10.1 Å². The summed E-state index contributed by atoms with van der Waals surface area (Å²) in [6, 6.07) is 4.29. The highest BCUT2D eigenvalue weighted by Gasteiger charge is 2.32. The minimum Gasteiger partial charge on any atom is -0.357 e. The maximum absolute atomic E-state index is 11.9. The standard InChI is InChI=1S/C12H15BrN4O3/c1-14-12(18)11-7-15-4-5-16(11)10-6-8(13)2-3-9(10)17(19)20/h2-3,6,11,15H,4-5,7H2,1H3,(H,14,18). The maximum atomic E-state index is 11.9. The molecule has 1 fully saturated rings. The van der Waals surface area contributed by atoms with Crippen LogP contribution in [0.4, 0.5) is 11.4 Å². The van der Waals surface area contributed by atoms with Gasteiger partial charge in [0, 0.05) is 37.2 Å². The van der Waals surface area contributed by atoms with Crippen molar-refractivity contribution in [3.8, 4) is 0 Å². The van der Waals surface area contributed by atoms with E-state index in [1.54, 1.807) is 24.1 Å². The molecule has 1 aromatic carbocycles. The van der Waals surface area contributed by atoms with Crippen molar-refractivity contribution in [3.05, 3.63) is 32.8 Å². The molecule has 0 aromatic heterocycles. The molecule has 0 saturated carbocycles. The number of anilines is 1. The third-order valence-corrected chi connectivity index (χ3v) is 3.73. The Hall–Kier alpha value is -1.67. The van der Waals surface area contributed by atoms with Gasteiger partial charge in [-0.25, -0.2) is 0 Å². The second-order valence-electron chi connectivity index (χ2n) is 4.42. The van der Waals surface area contributed by atoms with Crippen LogP contribution in [0.5, 0.6) is 0 Å². The Balaban J connectivity index is 2.44. The number of nitro benzene ring substituents is 1. The van der Waals surface area contributed by atoms with Gasteiger partial charge in [-0.3, -0.25) is 14.9 Å². The summed E-state index contributed by atoms with van der Waals surface area (Å²) in [5.74, 6) is -0.161. The van der Waals surface area contributed by atoms with E-state index in [9.17, 15) is 14.9 Å². The molecule has 2 N–H and O–H groups in total. The number of carbonyl (C=O) groups excluding carboxylic acids is 1. The Kier molecular flexibility index (Phi) is 4.56. The lowest BCUT2D eigenvalue weighted by molar-refractivity contribution is -0.384. The maximum Gasteiger partial charge on any atom is 0.292 e. The van der Waals surface area contributed by atoms with Gasteiger partial charge in [0.25, 0.3) is 5.69 Å². The van der Waals surface area contributed by atoms with E-state index in [0.29, 0.717) is 25.3 Å². The quantitative estimate of drug-likeness (QED) is 0.629. The van der Waals surface area contributed by atoms with E-state index < -0.39 is 11.0 Å². The van der Waals surface area contributed by atoms with Crippen LogP contribution in [0.2, 0.25) is 0 Å². The Bertz CT molecular complexity index is 537. The van der Waals surface area contributed by atoms with Crippen LogP contribution in [-0.4, -0.2) is 43.6 Å². The van der Waals surface area contributed by atoms with Crippen LogP contribution >= 0.6 is 15.9 Å². The average Bonchev–Trinajstić information content (AvgIpc) is 2.46. The highest BCUT2D eigenvalue weighted by Crippen LogP contribution is 2.32. The first-order valence-electron chi connectivity index (χ1n) is 6.17. The van der Waals surface area contributed by atoms with E-state index in [1.165, 1.54) is 6.07 Å². The topological polar surface area (TPSA) is 87.5 Å². The van der Waals surface area contributed by atoms with E-state index >= 15 is 0 Å². The van der Waals surface area contributed by atoms with E-state index in [4.69, 9.17) is 0 Å². The molecule has 108 valence electrons. The summed E-state index contributed by atoms with van der Waals surface area (Å²) in [7, 11) is 1.56. The molecule has 20 heavy (non-hydrogen) atoms. The summed E-state index contributed by atoms with van der Waals surface area (Å²) in [4.78, 5) is 24.5. The van der Waals surface area contributed by atoms with Crippen LogP contribution in [0.25, 0.3) is 0 Å². The van der Waals surface area contributed by atoms with Crippen molar-refractivity contribution in [2.45, 2.75) is 6.04 Å². The molecule has 8 heteroatoms. The van der Waals surface area contributed by atoms with E-state index in [1.807, 2.05) is 0 Å². The number of halogens is 1. The average molecular weight is 343 g/mol. The van der Waals surface area contributed by atoms with Crippen molar-refractivity contribution in [1.29, 1.82) is 0 Å². The van der Waals surface area contributed by atoms with Gasteiger partial charge < -0.3 is 15.5 Å². The first kappa shape index (κ1) is 14.7. The fourth-order valence-corrected chi connectivity index (χ4v) is 2.62. The highest BCUT2D eigenvalue weighted by molar-refractivity contribution is 9.10. The first-order valence-corrected chi connectivity index (χ1v) is 6.96. The van der Waals surface area contributed by atoms with E-state index in [-0.39, 0.29) is 11.6 Å². The summed E-state index contributed by atoms with van der Waals surface area (Å²) in [5.41, 5.74) is 0.462. The van der Waals surface area contributed by atoms with Crippen molar-refractivity contribution in [2.24, 2.45) is 0 Å². The monoisotopic (exact) mass is 342 g/mol. The van der Waals surface area contributed by atoms with Gasteiger partial charge in [0.15, 0.2) is 0 Å². The lowest BCUT2D eigenvalue weighted by Gasteiger charge is -2.36. The van der Waals surface area contributed by atoms with Gasteiger partial charge in [0.05, 0.1) is 4.92 Å². The minimum absolute atomic E-state index is 0.00371. The van der Waals surface area contributed by atoms with Crippen molar-refractivity contribution >= 4 is 33.2 Å². The Morgan fingerprint density at radius 1 is 1.60 bits per heavy atom. The smallest absolute Gasteiger partial charge is 0.292 e. The third-order valence-electron chi connectivity index (χ3n) is 3.24. The predicted octanol–water partition coefficient (Wildman–Crippen LogP) is 0.881. The van der Waals surface area contributed by atoms with Gasteiger partial charge in [0.1, 0.15) is 11.7 Å². The molecule has 1 atom stereocenters. The van der Waals surface area contributed by atoms with Crippen molar-refractivity contribution in [1.82, 2.24) is 10.6 Å². The molecule has 0 bridgehead atoms. The van der Waals surface area contributed by atoms with Crippen LogP contribution < -0.4 is 15.5 Å². The summed E-state index contributed by atoms with van der Waals surface area (Å²) in [5, 5.41) is 16.9. The summed E-state index contributed by atoms with van der Waals surface area (Å²) < 4.78 is 0.743. The van der Waals surface area contributed by atoms with Gasteiger partial charge in [-0.05, 0) is 12.1 Å². The zero-order valence-electron chi connectivity index (χ0n) is 10.9. The number of hydrogen-bond donors (Lipinski definition) is 2. The van der Waals surface area contributed by atoms with Crippen LogP contribution in [0.3, 0.4) is 0 Å². The number of piperazine rings is 1. The Labute approximate surface area is 124 Å². The number of carbonyl (C=O) groups is 1. The van der Waals surface area contributed by atoms with Crippen LogP contribution in [-0.2, 0) is 4.79 Å². The largest absolute Gasteiger partial charge is 0.357 e. The van der Waals surface area contributed by atoms with E-state index in [2.05, 4.69) is 26.6 Å². The number of nitrogens with one attached hydrogen (secondary N) is 2. The molecule has 1 unspecified atom stereocenters. The van der Waals surface area contributed by atoms with Crippen molar-refractivity contribution in [2.75, 3.05) is 31.6 Å². The van der Waals surface area contributed by atoms with Gasteiger partial charge in [0.2, 0.25) is 5.91 Å².